The Morgan fingerprint density at radius 3 is 2.31 bits per heavy atom. The average Bonchev–Trinajstić information content (AvgIpc) is 3.32. The first kappa shape index (κ1) is 19.7. The van der Waals surface area contributed by atoms with Gasteiger partial charge in [0.15, 0.2) is 5.76 Å². The molecule has 0 atom stereocenters. The number of aromatic nitrogens is 1. The van der Waals surface area contributed by atoms with Crippen molar-refractivity contribution in [2.24, 2.45) is 0 Å². The van der Waals surface area contributed by atoms with Gasteiger partial charge in [-0.3, -0.25) is 0 Å². The van der Waals surface area contributed by atoms with E-state index in [1.54, 1.807) is 6.07 Å². The normalized spacial score (nSPS) is 15.8. The van der Waals surface area contributed by atoms with Crippen molar-refractivity contribution in [1.82, 2.24) is 9.46 Å². The first-order chi connectivity index (χ1) is 13.8. The second kappa shape index (κ2) is 7.35. The van der Waals surface area contributed by atoms with E-state index in [1.807, 2.05) is 19.9 Å². The van der Waals surface area contributed by atoms with Crippen LogP contribution in [0.4, 0.5) is 5.69 Å². The lowest BCUT2D eigenvalue weighted by molar-refractivity contribution is 0.358. The molecule has 1 aromatic carbocycles. The lowest BCUT2D eigenvalue weighted by Gasteiger charge is -2.35. The van der Waals surface area contributed by atoms with E-state index in [4.69, 9.17) is 8.94 Å². The van der Waals surface area contributed by atoms with Crippen molar-refractivity contribution in [3.63, 3.8) is 0 Å². The number of aryl methyl sites for hydroxylation is 2. The molecule has 1 aliphatic heterocycles. The molecular formula is C21H25N3O4S. The molecule has 3 heterocycles. The van der Waals surface area contributed by atoms with Gasteiger partial charge in [-0.25, -0.2) is 8.42 Å². The van der Waals surface area contributed by atoms with Crippen LogP contribution in [0.3, 0.4) is 0 Å². The van der Waals surface area contributed by atoms with Crippen molar-refractivity contribution in [2.75, 3.05) is 31.1 Å². The Hall–Kier alpha value is -2.58. The van der Waals surface area contributed by atoms with Gasteiger partial charge in [0.05, 0.1) is 5.69 Å². The van der Waals surface area contributed by atoms with Gasteiger partial charge in [-0.05, 0) is 57.0 Å². The van der Waals surface area contributed by atoms with Crippen LogP contribution in [0.25, 0.3) is 11.5 Å². The van der Waals surface area contributed by atoms with Gasteiger partial charge in [0, 0.05) is 37.4 Å². The van der Waals surface area contributed by atoms with Gasteiger partial charge >= 0.3 is 0 Å². The zero-order chi connectivity index (χ0) is 20.8. The smallest absolute Gasteiger partial charge is 0.276 e. The fraction of sp³-hybridized carbons (Fsp3) is 0.381. The van der Waals surface area contributed by atoms with Gasteiger partial charge in [-0.15, -0.1) is 0 Å². The van der Waals surface area contributed by atoms with E-state index in [2.05, 4.69) is 36.0 Å². The summed E-state index contributed by atoms with van der Waals surface area (Å²) in [7, 11) is -3.70. The monoisotopic (exact) mass is 415 g/mol. The van der Waals surface area contributed by atoms with Crippen LogP contribution in [-0.2, 0) is 10.0 Å². The van der Waals surface area contributed by atoms with E-state index in [0.29, 0.717) is 37.7 Å². The predicted molar refractivity (Wildman–Crippen MR) is 111 cm³/mol. The molecule has 1 saturated heterocycles. The maximum Gasteiger partial charge on any atom is 0.276 e. The summed E-state index contributed by atoms with van der Waals surface area (Å²) in [6.45, 7) is 9.98. The lowest BCUT2D eigenvalue weighted by Crippen LogP contribution is -2.48. The van der Waals surface area contributed by atoms with Gasteiger partial charge < -0.3 is 13.8 Å². The van der Waals surface area contributed by atoms with Crippen LogP contribution in [0.1, 0.15) is 22.4 Å². The first-order valence-electron chi connectivity index (χ1n) is 9.63. The molecule has 0 aliphatic carbocycles. The minimum atomic E-state index is -3.70. The number of piperazine rings is 1. The number of benzene rings is 1. The van der Waals surface area contributed by atoms with E-state index in [1.165, 1.54) is 27.2 Å². The third kappa shape index (κ3) is 3.47. The molecule has 0 spiro atoms. The third-order valence-electron chi connectivity index (χ3n) is 5.71. The minimum absolute atomic E-state index is 0.0684. The Labute approximate surface area is 170 Å². The average molecular weight is 416 g/mol. The highest BCUT2D eigenvalue weighted by atomic mass is 32.2. The second-order valence-electron chi connectivity index (χ2n) is 7.45. The summed E-state index contributed by atoms with van der Waals surface area (Å²) in [5.74, 6) is 0.833. The van der Waals surface area contributed by atoms with E-state index < -0.39 is 10.0 Å². The van der Waals surface area contributed by atoms with E-state index in [-0.39, 0.29) is 5.09 Å². The van der Waals surface area contributed by atoms with Crippen molar-refractivity contribution in [3.8, 4) is 11.5 Å². The van der Waals surface area contributed by atoms with Crippen LogP contribution < -0.4 is 4.90 Å². The van der Waals surface area contributed by atoms with Gasteiger partial charge in [0.25, 0.3) is 10.0 Å². The summed E-state index contributed by atoms with van der Waals surface area (Å²) in [4.78, 5) is 2.24. The molecule has 29 heavy (non-hydrogen) atoms. The fourth-order valence-electron chi connectivity index (χ4n) is 3.60. The third-order valence-corrected chi connectivity index (χ3v) is 7.48. The maximum absolute atomic E-state index is 13.1. The summed E-state index contributed by atoms with van der Waals surface area (Å²) in [5, 5.41) is 3.84. The number of hydrogen-bond acceptors (Lipinski definition) is 6. The largest absolute Gasteiger partial charge is 0.440 e. The maximum atomic E-state index is 13.1. The number of rotatable bonds is 4. The van der Waals surface area contributed by atoms with Crippen molar-refractivity contribution >= 4 is 15.7 Å². The molecule has 0 saturated carbocycles. The number of hydrogen-bond donors (Lipinski definition) is 0. The molecule has 0 N–H and O–H groups in total. The summed E-state index contributed by atoms with van der Waals surface area (Å²) >= 11 is 0. The molecule has 0 radical (unpaired) electrons. The SMILES string of the molecule is Cc1cccc(N2CCN(S(=O)(=O)c3ccc(-c4onc(C)c4C)o3)CC2)c1C. The Bertz CT molecular complexity index is 1140. The number of sulfonamides is 1. The molecule has 8 heteroatoms. The molecule has 0 amide bonds. The van der Waals surface area contributed by atoms with Crippen molar-refractivity contribution in [1.29, 1.82) is 0 Å². The summed E-state index contributed by atoms with van der Waals surface area (Å²) in [6, 6.07) is 9.32. The van der Waals surface area contributed by atoms with E-state index in [9.17, 15) is 8.42 Å². The Morgan fingerprint density at radius 1 is 0.931 bits per heavy atom. The van der Waals surface area contributed by atoms with Crippen molar-refractivity contribution in [3.05, 3.63) is 52.7 Å². The zero-order valence-electron chi connectivity index (χ0n) is 17.1. The van der Waals surface area contributed by atoms with Gasteiger partial charge in [-0.2, -0.15) is 4.31 Å². The standard InChI is InChI=1S/C21H25N3O4S/c1-14-6-5-7-18(15(14)2)23-10-12-24(13-11-23)29(25,26)20-9-8-19(27-20)21-16(3)17(4)22-28-21/h5-9H,10-13H2,1-4H3. The highest BCUT2D eigenvalue weighted by molar-refractivity contribution is 7.89. The Kier molecular flexibility index (Phi) is 5.00. The van der Waals surface area contributed by atoms with Gasteiger partial charge in [-0.1, -0.05) is 17.3 Å². The lowest BCUT2D eigenvalue weighted by atomic mass is 10.1. The first-order valence-corrected chi connectivity index (χ1v) is 11.1. The molecular weight excluding hydrogens is 390 g/mol. The topological polar surface area (TPSA) is 79.8 Å². The second-order valence-corrected chi connectivity index (χ2v) is 9.32. The number of nitrogens with zero attached hydrogens (tertiary/aromatic N) is 3. The van der Waals surface area contributed by atoms with Crippen LogP contribution >= 0.6 is 0 Å². The molecule has 0 unspecified atom stereocenters. The minimum Gasteiger partial charge on any atom is -0.440 e. The molecule has 1 aliphatic rings. The van der Waals surface area contributed by atoms with Crippen LogP contribution in [0.15, 0.2) is 44.4 Å². The molecule has 2 aromatic heterocycles. The van der Waals surface area contributed by atoms with Crippen LogP contribution in [-0.4, -0.2) is 44.1 Å². The Balaban J connectivity index is 1.51. The summed E-state index contributed by atoms with van der Waals surface area (Å²) in [6.07, 6.45) is 0. The van der Waals surface area contributed by atoms with Crippen LogP contribution in [0.2, 0.25) is 0 Å². The highest BCUT2D eigenvalue weighted by Crippen LogP contribution is 2.31. The summed E-state index contributed by atoms with van der Waals surface area (Å²) in [5.41, 5.74) is 5.23. The molecule has 4 rings (SSSR count). The molecule has 3 aromatic rings. The number of anilines is 1. The van der Waals surface area contributed by atoms with Gasteiger partial charge in [0.2, 0.25) is 10.9 Å². The molecule has 7 nitrogen and oxygen atoms in total. The van der Waals surface area contributed by atoms with E-state index >= 15 is 0 Å². The quantitative estimate of drug-likeness (QED) is 0.647. The van der Waals surface area contributed by atoms with E-state index in [0.717, 1.165) is 11.3 Å². The predicted octanol–water partition coefficient (Wildman–Crippen LogP) is 3.68. The highest BCUT2D eigenvalue weighted by Gasteiger charge is 2.32. The van der Waals surface area contributed by atoms with Crippen molar-refractivity contribution < 1.29 is 17.4 Å². The van der Waals surface area contributed by atoms with Crippen LogP contribution in [0, 0.1) is 27.7 Å². The fourth-order valence-corrected chi connectivity index (χ4v) is 4.93. The van der Waals surface area contributed by atoms with Crippen molar-refractivity contribution in [2.45, 2.75) is 32.8 Å². The molecule has 1 fully saturated rings. The zero-order valence-corrected chi connectivity index (χ0v) is 17.9. The number of furan rings is 1. The molecule has 0 bridgehead atoms. The summed E-state index contributed by atoms with van der Waals surface area (Å²) < 4.78 is 38.5. The van der Waals surface area contributed by atoms with Gasteiger partial charge in [0.1, 0.15) is 0 Å². The van der Waals surface area contributed by atoms with Crippen LogP contribution in [0.5, 0.6) is 0 Å². The molecule has 154 valence electrons. The Morgan fingerprint density at radius 2 is 1.66 bits per heavy atom.